The summed E-state index contributed by atoms with van der Waals surface area (Å²) in [4.78, 5) is 10.9. The maximum absolute atomic E-state index is 10.9. The smallest absolute Gasteiger partial charge is 0.316 e. The van der Waals surface area contributed by atoms with Crippen molar-refractivity contribution in [1.82, 2.24) is 14.8 Å². The Hall–Kier alpha value is -1.04. The number of carbonyl (C=O) groups is 1. The molecule has 17 heavy (non-hydrogen) atoms. The van der Waals surface area contributed by atoms with Crippen LogP contribution in [0.5, 0.6) is 0 Å². The number of aryl methyl sites for hydroxylation is 1. The Bertz CT molecular complexity index is 405. The highest BCUT2D eigenvalue weighted by Crippen LogP contribution is 2.22. The van der Waals surface area contributed by atoms with Crippen LogP contribution in [0.25, 0.3) is 0 Å². The molecule has 1 aromatic rings. The first kappa shape index (κ1) is 12.4. The second-order valence-corrected chi connectivity index (χ2v) is 5.38. The molecule has 0 radical (unpaired) electrons. The number of carboxylic acids is 1. The van der Waals surface area contributed by atoms with E-state index in [0.717, 1.165) is 24.6 Å². The molecule has 0 saturated carbocycles. The highest BCUT2D eigenvalue weighted by Gasteiger charge is 2.19. The minimum atomic E-state index is -0.740. The van der Waals surface area contributed by atoms with Gasteiger partial charge in [-0.3, -0.25) is 4.79 Å². The van der Waals surface area contributed by atoms with Gasteiger partial charge in [0.2, 0.25) is 0 Å². The van der Waals surface area contributed by atoms with Crippen LogP contribution in [0.1, 0.15) is 37.8 Å². The summed E-state index contributed by atoms with van der Waals surface area (Å²) in [6, 6.07) is 0. The van der Waals surface area contributed by atoms with Crippen molar-refractivity contribution in [3.05, 3.63) is 11.6 Å². The average molecular weight is 255 g/mol. The van der Waals surface area contributed by atoms with Gasteiger partial charge in [0.1, 0.15) is 16.9 Å². The lowest BCUT2D eigenvalue weighted by Crippen LogP contribution is -2.17. The quantitative estimate of drug-likeness (QED) is 0.867. The normalized spacial score (nSPS) is 16.5. The third-order valence-electron chi connectivity index (χ3n) is 3.00. The first-order valence-electron chi connectivity index (χ1n) is 5.97. The van der Waals surface area contributed by atoms with Gasteiger partial charge in [-0.05, 0) is 19.3 Å². The van der Waals surface area contributed by atoms with E-state index >= 15 is 0 Å². The van der Waals surface area contributed by atoms with E-state index in [-0.39, 0.29) is 5.25 Å². The first-order valence-corrected chi connectivity index (χ1v) is 7.02. The standard InChI is InChI=1S/C11H17N3O2S/c1-2-8(11(15)16)17-7-10-13-12-9-5-3-4-6-14(9)10/h8H,2-7H2,1H3,(H,15,16). The fourth-order valence-electron chi connectivity index (χ4n) is 2.01. The fraction of sp³-hybridized carbons (Fsp3) is 0.727. The first-order chi connectivity index (χ1) is 8.22. The van der Waals surface area contributed by atoms with Crippen LogP contribution >= 0.6 is 11.8 Å². The van der Waals surface area contributed by atoms with E-state index in [2.05, 4.69) is 14.8 Å². The molecule has 1 atom stereocenters. The SMILES string of the molecule is CCC(SCc1nnc2n1CCCC2)C(=O)O. The van der Waals surface area contributed by atoms with Crippen LogP contribution in [0.3, 0.4) is 0 Å². The zero-order valence-corrected chi connectivity index (χ0v) is 10.7. The molecule has 94 valence electrons. The molecular weight excluding hydrogens is 238 g/mol. The Morgan fingerprint density at radius 1 is 1.53 bits per heavy atom. The highest BCUT2D eigenvalue weighted by molar-refractivity contribution is 7.99. The maximum atomic E-state index is 10.9. The van der Waals surface area contributed by atoms with Crippen molar-refractivity contribution in [1.29, 1.82) is 0 Å². The number of hydrogen-bond acceptors (Lipinski definition) is 4. The van der Waals surface area contributed by atoms with Gasteiger partial charge in [0.15, 0.2) is 0 Å². The number of thioether (sulfide) groups is 1. The summed E-state index contributed by atoms with van der Waals surface area (Å²) < 4.78 is 2.14. The van der Waals surface area contributed by atoms with E-state index in [1.165, 1.54) is 24.6 Å². The molecule has 2 heterocycles. The van der Waals surface area contributed by atoms with Crippen LogP contribution in [-0.4, -0.2) is 31.1 Å². The third kappa shape index (κ3) is 2.80. The summed E-state index contributed by atoms with van der Waals surface area (Å²) >= 11 is 1.44. The third-order valence-corrected chi connectivity index (χ3v) is 4.36. The zero-order valence-electron chi connectivity index (χ0n) is 9.93. The number of rotatable bonds is 5. The van der Waals surface area contributed by atoms with Gasteiger partial charge in [-0.25, -0.2) is 0 Å². The highest BCUT2D eigenvalue weighted by atomic mass is 32.2. The largest absolute Gasteiger partial charge is 0.480 e. The summed E-state index contributed by atoms with van der Waals surface area (Å²) in [6.07, 6.45) is 3.98. The number of aromatic nitrogens is 3. The molecule has 5 nitrogen and oxygen atoms in total. The number of hydrogen-bond donors (Lipinski definition) is 1. The molecule has 0 bridgehead atoms. The maximum Gasteiger partial charge on any atom is 0.316 e. The Morgan fingerprint density at radius 2 is 2.35 bits per heavy atom. The van der Waals surface area contributed by atoms with Gasteiger partial charge >= 0.3 is 5.97 Å². The Labute approximate surface area is 105 Å². The number of aliphatic carboxylic acids is 1. The fourth-order valence-corrected chi connectivity index (χ4v) is 2.96. The van der Waals surface area contributed by atoms with E-state index in [9.17, 15) is 4.79 Å². The molecule has 1 N–H and O–H groups in total. The monoisotopic (exact) mass is 255 g/mol. The van der Waals surface area contributed by atoms with Gasteiger partial charge in [-0.2, -0.15) is 0 Å². The molecule has 2 rings (SSSR count). The molecular formula is C11H17N3O2S. The van der Waals surface area contributed by atoms with Gasteiger partial charge in [0, 0.05) is 13.0 Å². The topological polar surface area (TPSA) is 68.0 Å². The second-order valence-electron chi connectivity index (χ2n) is 4.19. The average Bonchev–Trinajstić information content (AvgIpc) is 2.73. The van der Waals surface area contributed by atoms with Crippen molar-refractivity contribution in [3.8, 4) is 0 Å². The number of fused-ring (bicyclic) bond motifs is 1. The summed E-state index contributed by atoms with van der Waals surface area (Å²) in [7, 11) is 0. The van der Waals surface area contributed by atoms with Gasteiger partial charge < -0.3 is 9.67 Å². The molecule has 6 heteroatoms. The lowest BCUT2D eigenvalue weighted by Gasteiger charge is -2.15. The van der Waals surface area contributed by atoms with Gasteiger partial charge in [0.25, 0.3) is 0 Å². The van der Waals surface area contributed by atoms with Crippen LogP contribution in [0.4, 0.5) is 0 Å². The Morgan fingerprint density at radius 3 is 3.06 bits per heavy atom. The van der Waals surface area contributed by atoms with Crippen molar-refractivity contribution in [3.63, 3.8) is 0 Å². The van der Waals surface area contributed by atoms with Crippen LogP contribution in [0, 0.1) is 0 Å². The molecule has 0 spiro atoms. The van der Waals surface area contributed by atoms with Gasteiger partial charge in [0.05, 0.1) is 5.75 Å². The minimum absolute atomic E-state index is 0.341. The van der Waals surface area contributed by atoms with E-state index in [1.807, 2.05) is 6.92 Å². The summed E-state index contributed by atoms with van der Waals surface area (Å²) in [5.41, 5.74) is 0. The van der Waals surface area contributed by atoms with Crippen molar-refractivity contribution < 1.29 is 9.90 Å². The van der Waals surface area contributed by atoms with Gasteiger partial charge in [-0.1, -0.05) is 6.92 Å². The molecule has 1 unspecified atom stereocenters. The summed E-state index contributed by atoms with van der Waals surface area (Å²) in [6.45, 7) is 2.87. The molecule has 0 aliphatic carbocycles. The summed E-state index contributed by atoms with van der Waals surface area (Å²) in [5.74, 6) is 1.87. The van der Waals surface area contributed by atoms with E-state index in [1.54, 1.807) is 0 Å². The summed E-state index contributed by atoms with van der Waals surface area (Å²) in [5, 5.41) is 17.0. The molecule has 1 aliphatic heterocycles. The van der Waals surface area contributed by atoms with Crippen LogP contribution < -0.4 is 0 Å². The van der Waals surface area contributed by atoms with Gasteiger partial charge in [-0.15, -0.1) is 22.0 Å². The van der Waals surface area contributed by atoms with Crippen LogP contribution in [0.2, 0.25) is 0 Å². The predicted octanol–water partition coefficient (Wildman–Crippen LogP) is 1.71. The Kier molecular flexibility index (Phi) is 4.04. The van der Waals surface area contributed by atoms with E-state index in [4.69, 9.17) is 5.11 Å². The lowest BCUT2D eigenvalue weighted by molar-refractivity contribution is -0.136. The van der Waals surface area contributed by atoms with Crippen molar-refractivity contribution in [2.45, 2.75) is 50.2 Å². The molecule has 0 aromatic carbocycles. The lowest BCUT2D eigenvalue weighted by atomic mass is 10.2. The van der Waals surface area contributed by atoms with E-state index in [0.29, 0.717) is 12.2 Å². The molecule has 0 fully saturated rings. The molecule has 1 aromatic heterocycles. The number of nitrogens with zero attached hydrogens (tertiary/aromatic N) is 3. The molecule has 1 aliphatic rings. The Balaban J connectivity index is 1.99. The molecule has 0 amide bonds. The van der Waals surface area contributed by atoms with Crippen LogP contribution in [-0.2, 0) is 23.5 Å². The predicted molar refractivity (Wildman–Crippen MR) is 66.0 cm³/mol. The van der Waals surface area contributed by atoms with Crippen molar-refractivity contribution in [2.24, 2.45) is 0 Å². The van der Waals surface area contributed by atoms with Crippen molar-refractivity contribution >= 4 is 17.7 Å². The van der Waals surface area contributed by atoms with Crippen LogP contribution in [0.15, 0.2) is 0 Å². The van der Waals surface area contributed by atoms with E-state index < -0.39 is 5.97 Å². The zero-order chi connectivity index (χ0) is 12.3. The second kappa shape index (κ2) is 5.53. The minimum Gasteiger partial charge on any atom is -0.480 e. The molecule has 0 saturated heterocycles. The van der Waals surface area contributed by atoms with Crippen molar-refractivity contribution in [2.75, 3.05) is 0 Å². The number of carboxylic acid groups (broad SMARTS) is 1.